The Hall–Kier alpha value is -3.99. The molecular formula is C28H21NO4. The highest BCUT2D eigenvalue weighted by atomic mass is 16.7. The van der Waals surface area contributed by atoms with Gasteiger partial charge in [-0.3, -0.25) is 9.59 Å². The molecule has 1 aliphatic heterocycles. The Balaban J connectivity index is 1.33. The highest BCUT2D eigenvalue weighted by Crippen LogP contribution is 2.41. The van der Waals surface area contributed by atoms with E-state index in [1.807, 2.05) is 0 Å². The summed E-state index contributed by atoms with van der Waals surface area (Å²) in [5, 5.41) is 10.6. The summed E-state index contributed by atoms with van der Waals surface area (Å²) in [6, 6.07) is 23.7. The van der Waals surface area contributed by atoms with Gasteiger partial charge < -0.3 is 4.84 Å². The molecule has 1 fully saturated rings. The number of hydroxylamine groups is 2. The van der Waals surface area contributed by atoms with Gasteiger partial charge in [0.15, 0.2) is 0 Å². The zero-order valence-corrected chi connectivity index (χ0v) is 18.0. The van der Waals surface area contributed by atoms with Crippen LogP contribution in [0.5, 0.6) is 0 Å². The van der Waals surface area contributed by atoms with Crippen molar-refractivity contribution in [2.45, 2.75) is 32.1 Å². The molecule has 0 spiro atoms. The van der Waals surface area contributed by atoms with Crippen LogP contribution < -0.4 is 0 Å². The summed E-state index contributed by atoms with van der Waals surface area (Å²) in [5.74, 6) is -1.46. The molecule has 5 aromatic rings. The van der Waals surface area contributed by atoms with Crippen molar-refractivity contribution in [3.05, 3.63) is 72.3 Å². The zero-order chi connectivity index (χ0) is 22.5. The minimum atomic E-state index is -0.554. The number of nitrogens with zero attached hydrogens (tertiary/aromatic N) is 1. The van der Waals surface area contributed by atoms with E-state index >= 15 is 0 Å². The smallest absolute Gasteiger partial charge is 0.330 e. The van der Waals surface area contributed by atoms with Gasteiger partial charge in [-0.05, 0) is 61.5 Å². The van der Waals surface area contributed by atoms with E-state index in [0.717, 1.165) is 0 Å². The monoisotopic (exact) mass is 435 g/mol. The van der Waals surface area contributed by atoms with Crippen molar-refractivity contribution < 1.29 is 19.2 Å². The van der Waals surface area contributed by atoms with Crippen LogP contribution in [-0.2, 0) is 25.6 Å². The average Bonchev–Trinajstić information content (AvgIpc) is 3.15. The fraction of sp³-hybridized carbons (Fsp3) is 0.179. The quantitative estimate of drug-likeness (QED) is 0.203. The van der Waals surface area contributed by atoms with Gasteiger partial charge in [-0.1, -0.05) is 66.7 Å². The molecule has 0 unspecified atom stereocenters. The number of rotatable bonds is 5. The van der Waals surface area contributed by atoms with Crippen molar-refractivity contribution in [2.75, 3.05) is 0 Å². The highest BCUT2D eigenvalue weighted by molar-refractivity contribution is 6.33. The second kappa shape index (κ2) is 7.55. The van der Waals surface area contributed by atoms with Gasteiger partial charge in [-0.2, -0.15) is 0 Å². The first-order chi connectivity index (χ1) is 16.1. The highest BCUT2D eigenvalue weighted by Gasteiger charge is 2.32. The Labute approximate surface area is 189 Å². The number of carbonyl (C=O) groups excluding carboxylic acids is 3. The van der Waals surface area contributed by atoms with Crippen LogP contribution in [0.15, 0.2) is 66.7 Å². The maximum absolute atomic E-state index is 12.2. The predicted molar refractivity (Wildman–Crippen MR) is 128 cm³/mol. The van der Waals surface area contributed by atoms with Crippen LogP contribution >= 0.6 is 0 Å². The van der Waals surface area contributed by atoms with Crippen molar-refractivity contribution >= 4 is 60.9 Å². The number of amides is 2. The predicted octanol–water partition coefficient (Wildman–Crippen LogP) is 5.67. The van der Waals surface area contributed by atoms with Crippen LogP contribution in [0.4, 0.5) is 0 Å². The second-order valence-electron chi connectivity index (χ2n) is 8.61. The average molecular weight is 435 g/mol. The van der Waals surface area contributed by atoms with Crippen molar-refractivity contribution in [3.63, 3.8) is 0 Å². The fourth-order valence-electron chi connectivity index (χ4n) is 5.15. The first-order valence-corrected chi connectivity index (χ1v) is 11.3. The number of hydrogen-bond acceptors (Lipinski definition) is 4. The molecule has 0 N–H and O–H groups in total. The number of hydrogen-bond donors (Lipinski definition) is 0. The minimum absolute atomic E-state index is 0.101. The number of imide groups is 1. The van der Waals surface area contributed by atoms with Gasteiger partial charge in [0.05, 0.1) is 0 Å². The lowest BCUT2D eigenvalue weighted by atomic mass is 9.87. The van der Waals surface area contributed by atoms with Crippen LogP contribution in [0.3, 0.4) is 0 Å². The van der Waals surface area contributed by atoms with Crippen LogP contribution in [0.2, 0.25) is 0 Å². The van der Waals surface area contributed by atoms with Gasteiger partial charge >= 0.3 is 5.97 Å². The van der Waals surface area contributed by atoms with E-state index in [2.05, 4.69) is 66.7 Å². The molecule has 2 amide bonds. The molecule has 0 radical (unpaired) electrons. The molecule has 1 saturated heterocycles. The second-order valence-corrected chi connectivity index (χ2v) is 8.61. The third-order valence-electron chi connectivity index (χ3n) is 6.64. The summed E-state index contributed by atoms with van der Waals surface area (Å²) < 4.78 is 0. The first-order valence-electron chi connectivity index (χ1n) is 11.3. The lowest BCUT2D eigenvalue weighted by Crippen LogP contribution is -2.31. The molecule has 0 atom stereocenters. The molecule has 0 bridgehead atoms. The Morgan fingerprint density at radius 2 is 1.30 bits per heavy atom. The molecule has 5 heteroatoms. The van der Waals surface area contributed by atoms with E-state index < -0.39 is 17.8 Å². The minimum Gasteiger partial charge on any atom is -0.330 e. The molecule has 0 aliphatic carbocycles. The number of fused-ring (bicyclic) bond motifs is 2. The van der Waals surface area contributed by atoms with Crippen LogP contribution in [0, 0.1) is 0 Å². The molecule has 33 heavy (non-hydrogen) atoms. The van der Waals surface area contributed by atoms with Crippen molar-refractivity contribution in [3.8, 4) is 0 Å². The van der Waals surface area contributed by atoms with E-state index in [9.17, 15) is 14.4 Å². The summed E-state index contributed by atoms with van der Waals surface area (Å²) in [7, 11) is 0. The van der Waals surface area contributed by atoms with E-state index in [1.54, 1.807) is 0 Å². The molecule has 1 heterocycles. The van der Waals surface area contributed by atoms with E-state index in [1.165, 1.54) is 48.7 Å². The SMILES string of the molecule is O=C(CCCc1ccc2c3cccc4cccc(c5cccc1c52)c43)ON1C(=O)CCC1=O. The van der Waals surface area contributed by atoms with Crippen molar-refractivity contribution in [1.29, 1.82) is 0 Å². The molecule has 1 aliphatic rings. The molecule has 6 rings (SSSR count). The van der Waals surface area contributed by atoms with E-state index in [4.69, 9.17) is 4.84 Å². The Bertz CT molecular complexity index is 1520. The molecule has 0 aromatic heterocycles. The first kappa shape index (κ1) is 19.7. The summed E-state index contributed by atoms with van der Waals surface area (Å²) >= 11 is 0. The van der Waals surface area contributed by atoms with Gasteiger partial charge in [0.1, 0.15) is 0 Å². The van der Waals surface area contributed by atoms with Crippen LogP contribution in [0.1, 0.15) is 31.2 Å². The summed E-state index contributed by atoms with van der Waals surface area (Å²) in [6.45, 7) is 0. The maximum Gasteiger partial charge on any atom is 0.333 e. The van der Waals surface area contributed by atoms with Crippen molar-refractivity contribution in [2.24, 2.45) is 0 Å². The Morgan fingerprint density at radius 3 is 2.00 bits per heavy atom. The van der Waals surface area contributed by atoms with Gasteiger partial charge in [-0.15, -0.1) is 5.06 Å². The maximum atomic E-state index is 12.2. The molecule has 5 nitrogen and oxygen atoms in total. The van der Waals surface area contributed by atoms with Crippen LogP contribution in [0.25, 0.3) is 43.1 Å². The lowest BCUT2D eigenvalue weighted by Gasteiger charge is -2.16. The van der Waals surface area contributed by atoms with Gasteiger partial charge in [-0.25, -0.2) is 4.79 Å². The standard InChI is InChI=1S/C28H21NO4/c30-24-15-16-25(31)29(24)33-26(32)12-3-5-17-13-14-23-21-10-2-7-18-6-1-9-20(27(18)21)22-11-4-8-19(17)28(22)23/h1-2,4,6-11,13-14H,3,5,12,15-16H2. The van der Waals surface area contributed by atoms with E-state index in [-0.39, 0.29) is 19.3 Å². The molecule has 5 aromatic carbocycles. The number of benzene rings is 5. The Kier molecular flexibility index (Phi) is 4.50. The lowest BCUT2D eigenvalue weighted by molar-refractivity contribution is -0.197. The molecular weight excluding hydrogens is 414 g/mol. The molecule has 0 saturated carbocycles. The third kappa shape index (κ3) is 3.11. The van der Waals surface area contributed by atoms with Crippen molar-refractivity contribution in [1.82, 2.24) is 5.06 Å². The van der Waals surface area contributed by atoms with Crippen LogP contribution in [-0.4, -0.2) is 22.8 Å². The topological polar surface area (TPSA) is 63.7 Å². The Morgan fingerprint density at radius 1 is 0.727 bits per heavy atom. The normalized spacial score (nSPS) is 14.4. The van der Waals surface area contributed by atoms with Gasteiger partial charge in [0.25, 0.3) is 11.8 Å². The number of aryl methyl sites for hydroxylation is 1. The summed E-state index contributed by atoms with van der Waals surface area (Å²) in [6.07, 6.45) is 1.61. The third-order valence-corrected chi connectivity index (χ3v) is 6.64. The fourth-order valence-corrected chi connectivity index (χ4v) is 5.15. The number of carbonyl (C=O) groups is 3. The molecule has 162 valence electrons. The van der Waals surface area contributed by atoms with Gasteiger partial charge in [0, 0.05) is 19.3 Å². The summed E-state index contributed by atoms with van der Waals surface area (Å²) in [5.41, 5.74) is 1.17. The zero-order valence-electron chi connectivity index (χ0n) is 18.0. The summed E-state index contributed by atoms with van der Waals surface area (Å²) in [4.78, 5) is 40.5. The largest absolute Gasteiger partial charge is 0.333 e. The van der Waals surface area contributed by atoms with Gasteiger partial charge in [0.2, 0.25) is 0 Å². The van der Waals surface area contributed by atoms with E-state index in [0.29, 0.717) is 17.9 Å².